The Kier molecular flexibility index (Phi) is 5.19. The molecule has 3 aromatic rings. The molecule has 0 bridgehead atoms. The van der Waals surface area contributed by atoms with Gasteiger partial charge in [-0.1, -0.05) is 20.8 Å². The van der Waals surface area contributed by atoms with Crippen LogP contribution in [0, 0.1) is 13.8 Å². The van der Waals surface area contributed by atoms with E-state index in [0.717, 1.165) is 41.9 Å². The van der Waals surface area contributed by atoms with E-state index in [2.05, 4.69) is 46.7 Å². The fraction of sp³-hybridized carbons (Fsp3) is 0.516. The molecule has 3 heterocycles. The van der Waals surface area contributed by atoms with Crippen LogP contribution in [-0.4, -0.2) is 39.4 Å². The molecule has 1 aromatic carbocycles. The lowest BCUT2D eigenvalue weighted by Crippen LogP contribution is -2.43. The molecule has 0 spiro atoms. The first-order valence-corrected chi connectivity index (χ1v) is 13.6. The second-order valence-corrected chi connectivity index (χ2v) is 12.3. The van der Waals surface area contributed by atoms with Gasteiger partial charge in [0.05, 0.1) is 23.4 Å². The van der Waals surface area contributed by atoms with Gasteiger partial charge < -0.3 is 14.6 Å². The molecular weight excluding hydrogens is 462 g/mol. The van der Waals surface area contributed by atoms with Crippen LogP contribution in [0.25, 0.3) is 22.3 Å². The van der Waals surface area contributed by atoms with Crippen molar-refractivity contribution in [2.24, 2.45) is 0 Å². The lowest BCUT2D eigenvalue weighted by molar-refractivity contribution is -0.140. The van der Waals surface area contributed by atoms with Crippen LogP contribution >= 0.6 is 0 Å². The number of carbonyl (C=O) groups excluding carboxylic acids is 1. The molecule has 37 heavy (non-hydrogen) atoms. The molecule has 0 radical (unpaired) electrons. The maximum atomic E-state index is 13.8. The third-order valence-electron chi connectivity index (χ3n) is 9.40. The fourth-order valence-corrected chi connectivity index (χ4v) is 7.49. The number of aromatic nitrogens is 2. The van der Waals surface area contributed by atoms with E-state index in [-0.39, 0.29) is 29.6 Å². The normalized spacial score (nSPS) is 21.4. The molecule has 2 aliphatic carbocycles. The van der Waals surface area contributed by atoms with Gasteiger partial charge in [0, 0.05) is 35.0 Å². The standard InChI is InChI=1S/C31H37N3O3/c1-8-31(37)22-13-23-28-21(15-34(23)29(36)19(22)9-10-24(31)35)20(14-33(6)7)25-17(3)26-18(11-12-30(26,4)5)16(2)27(25)32-28/h13,37H,8-12,14-15H2,1-7H3/t31-/m0/s1. The Labute approximate surface area is 218 Å². The Hall–Kier alpha value is -2.83. The molecule has 6 rings (SSSR count). The van der Waals surface area contributed by atoms with Gasteiger partial charge in [0.15, 0.2) is 5.78 Å². The third-order valence-corrected chi connectivity index (χ3v) is 9.40. The van der Waals surface area contributed by atoms with E-state index in [9.17, 15) is 14.7 Å². The zero-order chi connectivity index (χ0) is 26.6. The molecular formula is C31H37N3O3. The number of hydrogen-bond donors (Lipinski definition) is 1. The SMILES string of the molecule is CC[C@@]1(O)C(=O)CCc2c1cc1n(c2=O)Cc2c-1nc1c(C)c3c(c(C)c1c2CN(C)C)C(C)(C)CC3. The van der Waals surface area contributed by atoms with Crippen molar-refractivity contribution in [3.8, 4) is 11.4 Å². The number of hydrogen-bond acceptors (Lipinski definition) is 5. The van der Waals surface area contributed by atoms with Crippen molar-refractivity contribution in [3.63, 3.8) is 0 Å². The summed E-state index contributed by atoms with van der Waals surface area (Å²) >= 11 is 0. The van der Waals surface area contributed by atoms with Gasteiger partial charge in [-0.15, -0.1) is 0 Å². The molecule has 0 saturated carbocycles. The molecule has 6 heteroatoms. The van der Waals surface area contributed by atoms with Crippen molar-refractivity contribution in [1.29, 1.82) is 0 Å². The highest BCUT2D eigenvalue weighted by Gasteiger charge is 2.43. The van der Waals surface area contributed by atoms with Crippen molar-refractivity contribution in [3.05, 3.63) is 60.9 Å². The molecule has 2 aromatic heterocycles. The van der Waals surface area contributed by atoms with E-state index in [1.807, 2.05) is 10.6 Å². The van der Waals surface area contributed by atoms with Crippen LogP contribution in [0.5, 0.6) is 0 Å². The summed E-state index contributed by atoms with van der Waals surface area (Å²) in [6.45, 7) is 12.2. The molecule has 0 unspecified atom stereocenters. The molecule has 1 N–H and O–H groups in total. The van der Waals surface area contributed by atoms with Crippen LogP contribution in [0.3, 0.4) is 0 Å². The second kappa shape index (κ2) is 7.84. The average molecular weight is 500 g/mol. The number of nitrogens with zero attached hydrogens (tertiary/aromatic N) is 3. The van der Waals surface area contributed by atoms with E-state index in [1.54, 1.807) is 6.92 Å². The number of aryl methyl sites for hydroxylation is 2. The number of ketones is 1. The smallest absolute Gasteiger partial charge is 0.254 e. The lowest BCUT2D eigenvalue weighted by Gasteiger charge is -2.32. The van der Waals surface area contributed by atoms with E-state index in [4.69, 9.17) is 4.98 Å². The van der Waals surface area contributed by atoms with Crippen molar-refractivity contribution in [1.82, 2.24) is 14.5 Å². The summed E-state index contributed by atoms with van der Waals surface area (Å²) in [7, 11) is 4.16. The molecule has 6 nitrogen and oxygen atoms in total. The second-order valence-electron chi connectivity index (χ2n) is 12.3. The van der Waals surface area contributed by atoms with Crippen LogP contribution in [-0.2, 0) is 41.7 Å². The highest BCUT2D eigenvalue weighted by Crippen LogP contribution is 2.48. The highest BCUT2D eigenvalue weighted by molar-refractivity contribution is 5.95. The molecule has 1 atom stereocenters. The molecule has 0 fully saturated rings. The summed E-state index contributed by atoms with van der Waals surface area (Å²) in [6.07, 6.45) is 3.03. The van der Waals surface area contributed by atoms with Gasteiger partial charge in [0.1, 0.15) is 5.60 Å². The molecule has 3 aliphatic rings. The van der Waals surface area contributed by atoms with Gasteiger partial charge in [-0.05, 0) is 92.9 Å². The average Bonchev–Trinajstić information content (AvgIpc) is 3.37. The number of aliphatic hydroxyl groups is 1. The first-order valence-electron chi connectivity index (χ1n) is 13.6. The van der Waals surface area contributed by atoms with Crippen LogP contribution in [0.1, 0.15) is 84.5 Å². The summed E-state index contributed by atoms with van der Waals surface area (Å²) in [6, 6.07) is 1.89. The maximum absolute atomic E-state index is 13.8. The number of benzene rings is 1. The number of Topliss-reactive ketones (excluding diaryl/α,β-unsaturated/α-hetero) is 1. The van der Waals surface area contributed by atoms with Crippen LogP contribution < -0.4 is 5.56 Å². The van der Waals surface area contributed by atoms with Crippen LogP contribution in [0.4, 0.5) is 0 Å². The monoisotopic (exact) mass is 499 g/mol. The first-order chi connectivity index (χ1) is 17.4. The topological polar surface area (TPSA) is 75.4 Å². The fourth-order valence-electron chi connectivity index (χ4n) is 7.49. The number of rotatable bonds is 3. The Bertz CT molecular complexity index is 1590. The Morgan fingerprint density at radius 2 is 1.78 bits per heavy atom. The van der Waals surface area contributed by atoms with Crippen molar-refractivity contribution in [2.45, 2.75) is 90.8 Å². The van der Waals surface area contributed by atoms with E-state index >= 15 is 0 Å². The maximum Gasteiger partial charge on any atom is 0.254 e. The molecule has 0 saturated heterocycles. The summed E-state index contributed by atoms with van der Waals surface area (Å²) < 4.78 is 1.82. The van der Waals surface area contributed by atoms with Gasteiger partial charge in [0.25, 0.3) is 5.56 Å². The largest absolute Gasteiger partial charge is 0.377 e. The summed E-state index contributed by atoms with van der Waals surface area (Å²) in [5.74, 6) is -0.200. The van der Waals surface area contributed by atoms with E-state index < -0.39 is 5.60 Å². The minimum Gasteiger partial charge on any atom is -0.377 e. The summed E-state index contributed by atoms with van der Waals surface area (Å²) in [5, 5.41) is 12.6. The predicted molar refractivity (Wildman–Crippen MR) is 146 cm³/mol. The van der Waals surface area contributed by atoms with Crippen LogP contribution in [0.2, 0.25) is 0 Å². The quantitative estimate of drug-likeness (QED) is 0.451. The Balaban J connectivity index is 1.71. The lowest BCUT2D eigenvalue weighted by atomic mass is 9.77. The van der Waals surface area contributed by atoms with Gasteiger partial charge in [-0.3, -0.25) is 9.59 Å². The Morgan fingerprint density at radius 3 is 2.46 bits per heavy atom. The zero-order valence-corrected chi connectivity index (χ0v) is 23.1. The predicted octanol–water partition coefficient (Wildman–Crippen LogP) is 4.44. The Morgan fingerprint density at radius 1 is 1.05 bits per heavy atom. The summed E-state index contributed by atoms with van der Waals surface area (Å²) in [5.41, 5.74) is 9.82. The molecule has 0 amide bonds. The van der Waals surface area contributed by atoms with Gasteiger partial charge >= 0.3 is 0 Å². The minimum atomic E-state index is -1.60. The number of fused-ring (bicyclic) bond motifs is 6. The van der Waals surface area contributed by atoms with Gasteiger partial charge in [0.2, 0.25) is 0 Å². The van der Waals surface area contributed by atoms with Crippen molar-refractivity contribution in [2.75, 3.05) is 14.1 Å². The van der Waals surface area contributed by atoms with Crippen LogP contribution in [0.15, 0.2) is 10.9 Å². The minimum absolute atomic E-state index is 0.0956. The van der Waals surface area contributed by atoms with Gasteiger partial charge in [-0.2, -0.15) is 0 Å². The van der Waals surface area contributed by atoms with E-state index in [0.29, 0.717) is 24.1 Å². The van der Waals surface area contributed by atoms with E-state index in [1.165, 1.54) is 33.2 Å². The zero-order valence-electron chi connectivity index (χ0n) is 23.1. The molecule has 194 valence electrons. The number of carbonyl (C=O) groups is 1. The number of pyridine rings is 2. The molecule has 1 aliphatic heterocycles. The third kappa shape index (κ3) is 3.15. The first kappa shape index (κ1) is 24.5. The highest BCUT2D eigenvalue weighted by atomic mass is 16.3. The summed E-state index contributed by atoms with van der Waals surface area (Å²) in [4.78, 5) is 34.1. The van der Waals surface area contributed by atoms with Crippen molar-refractivity contribution >= 4 is 16.7 Å². The van der Waals surface area contributed by atoms with Crippen molar-refractivity contribution < 1.29 is 9.90 Å². The van der Waals surface area contributed by atoms with Gasteiger partial charge in [-0.25, -0.2) is 4.98 Å².